The van der Waals surface area contributed by atoms with Gasteiger partial charge in [-0.1, -0.05) is 115 Å². The van der Waals surface area contributed by atoms with Crippen molar-refractivity contribution < 1.29 is 9.76 Å². The average molecular weight is 597 g/mol. The standard InChI is InChI=1S/C39H43BN3O2/c1-38(2,44)39(3,4)45-40-34-25-23-33(24-26-34)37-42-35(31-19-15-29(16-20-31)27-11-7-5-8-12-27)41-36(43-37)32-21-17-30(18-22-32)28-13-9-6-10-14-28/h5-15,17,19-20,23-26,29,32,37,44H,16,18,21-22H2,1-4H3,(H,41,42,43). The van der Waals surface area contributed by atoms with E-state index in [2.05, 4.69) is 102 Å². The van der Waals surface area contributed by atoms with Gasteiger partial charge in [-0.25, -0.2) is 9.98 Å². The van der Waals surface area contributed by atoms with E-state index in [4.69, 9.17) is 14.6 Å². The lowest BCUT2D eigenvalue weighted by Gasteiger charge is -2.37. The van der Waals surface area contributed by atoms with Crippen molar-refractivity contribution in [3.05, 3.63) is 131 Å². The van der Waals surface area contributed by atoms with E-state index in [0.717, 1.165) is 54.0 Å². The second kappa shape index (κ2) is 13.2. The number of amidine groups is 2. The summed E-state index contributed by atoms with van der Waals surface area (Å²) in [6.45, 7) is 7.29. The topological polar surface area (TPSA) is 66.2 Å². The molecular formula is C39H43BN3O2. The minimum absolute atomic E-state index is 0.306. The summed E-state index contributed by atoms with van der Waals surface area (Å²) in [4.78, 5) is 10.3. The minimum Gasteiger partial charge on any atom is -0.427 e. The van der Waals surface area contributed by atoms with Gasteiger partial charge in [-0.05, 0) is 75.6 Å². The number of hydrogen-bond acceptors (Lipinski definition) is 5. The largest absolute Gasteiger partial charge is 0.427 e. The molecule has 3 atom stereocenters. The number of aliphatic hydroxyl groups is 1. The van der Waals surface area contributed by atoms with Crippen LogP contribution in [0.25, 0.3) is 5.57 Å². The van der Waals surface area contributed by atoms with Crippen LogP contribution in [0.2, 0.25) is 0 Å². The minimum atomic E-state index is -0.978. The molecule has 2 N–H and O–H groups in total. The smallest absolute Gasteiger partial charge is 0.330 e. The lowest BCUT2D eigenvalue weighted by molar-refractivity contribution is -0.0893. The fourth-order valence-corrected chi connectivity index (χ4v) is 5.82. The van der Waals surface area contributed by atoms with Gasteiger partial charge in [0.2, 0.25) is 0 Å². The third kappa shape index (κ3) is 7.29. The molecule has 5 nitrogen and oxygen atoms in total. The molecule has 0 bridgehead atoms. The molecular weight excluding hydrogens is 553 g/mol. The molecule has 1 radical (unpaired) electrons. The van der Waals surface area contributed by atoms with Crippen molar-refractivity contribution in [1.29, 1.82) is 0 Å². The van der Waals surface area contributed by atoms with E-state index in [1.54, 1.807) is 21.3 Å². The second-order valence-electron chi connectivity index (χ2n) is 13.3. The average Bonchev–Trinajstić information content (AvgIpc) is 3.08. The first-order chi connectivity index (χ1) is 21.7. The number of hydrogen-bond donors (Lipinski definition) is 2. The van der Waals surface area contributed by atoms with Crippen molar-refractivity contribution in [1.82, 2.24) is 5.32 Å². The fraction of sp³-hybridized carbons (Fsp3) is 0.333. The number of nitrogens with zero attached hydrogens (tertiary/aromatic N) is 2. The van der Waals surface area contributed by atoms with E-state index in [0.29, 0.717) is 11.8 Å². The van der Waals surface area contributed by atoms with Gasteiger partial charge in [0.15, 0.2) is 6.17 Å². The number of benzene rings is 3. The monoisotopic (exact) mass is 596 g/mol. The van der Waals surface area contributed by atoms with Crippen LogP contribution in [0.3, 0.4) is 0 Å². The van der Waals surface area contributed by atoms with Crippen molar-refractivity contribution in [2.24, 2.45) is 15.9 Å². The van der Waals surface area contributed by atoms with Crippen LogP contribution in [0.5, 0.6) is 0 Å². The van der Waals surface area contributed by atoms with E-state index in [9.17, 15) is 5.11 Å². The Hall–Kier alpha value is -4.00. The van der Waals surface area contributed by atoms with Gasteiger partial charge in [-0.2, -0.15) is 0 Å². The Kier molecular flexibility index (Phi) is 9.07. The molecule has 229 valence electrons. The van der Waals surface area contributed by atoms with Crippen LogP contribution in [-0.2, 0) is 4.65 Å². The Morgan fingerprint density at radius 3 is 2.16 bits per heavy atom. The molecule has 3 aromatic carbocycles. The molecule has 6 heteroatoms. The Balaban J connectivity index is 1.23. The van der Waals surface area contributed by atoms with Crippen molar-refractivity contribution in [3.8, 4) is 0 Å². The van der Waals surface area contributed by atoms with E-state index < -0.39 is 11.2 Å². The molecule has 3 aromatic rings. The normalized spacial score (nSPS) is 22.0. The Bertz CT molecular complexity index is 1630. The summed E-state index contributed by atoms with van der Waals surface area (Å²) >= 11 is 0. The SMILES string of the molecule is CC(C)(O)C(C)(C)O[B]c1ccc(C2N=C(C3=CCC(c4ccccc4)C=C3)NC(C3CC=C(c4ccccc4)CC3)=N2)cc1. The van der Waals surface area contributed by atoms with Crippen molar-refractivity contribution in [2.75, 3.05) is 0 Å². The summed E-state index contributed by atoms with van der Waals surface area (Å²) in [5, 5.41) is 14.1. The quantitative estimate of drug-likeness (QED) is 0.252. The van der Waals surface area contributed by atoms with Gasteiger partial charge in [0.1, 0.15) is 11.7 Å². The molecule has 3 aliphatic rings. The summed E-state index contributed by atoms with van der Waals surface area (Å²) in [6.07, 6.45) is 12.8. The summed E-state index contributed by atoms with van der Waals surface area (Å²) in [7, 11) is 1.72. The molecule has 0 saturated carbocycles. The first kappa shape index (κ1) is 31.0. The van der Waals surface area contributed by atoms with Crippen molar-refractivity contribution in [3.63, 3.8) is 0 Å². The lowest BCUT2D eigenvalue weighted by Crippen LogP contribution is -2.49. The molecule has 0 saturated heterocycles. The lowest BCUT2D eigenvalue weighted by atomic mass is 9.82. The maximum Gasteiger partial charge on any atom is 0.330 e. The highest BCUT2D eigenvalue weighted by Gasteiger charge is 2.35. The zero-order valence-corrected chi connectivity index (χ0v) is 26.8. The maximum absolute atomic E-state index is 10.5. The summed E-state index contributed by atoms with van der Waals surface area (Å²) in [5.41, 5.74) is 5.43. The van der Waals surface area contributed by atoms with E-state index in [1.807, 2.05) is 26.0 Å². The van der Waals surface area contributed by atoms with Crippen LogP contribution in [0.1, 0.15) is 82.2 Å². The van der Waals surface area contributed by atoms with Crippen LogP contribution < -0.4 is 10.8 Å². The Morgan fingerprint density at radius 1 is 0.822 bits per heavy atom. The van der Waals surface area contributed by atoms with E-state index in [-0.39, 0.29) is 6.17 Å². The molecule has 0 aromatic heterocycles. The molecule has 1 heterocycles. The van der Waals surface area contributed by atoms with Crippen LogP contribution in [-0.4, -0.2) is 35.5 Å². The van der Waals surface area contributed by atoms with Gasteiger partial charge in [0.05, 0.1) is 11.2 Å². The van der Waals surface area contributed by atoms with Gasteiger partial charge in [0.25, 0.3) is 0 Å². The maximum atomic E-state index is 10.5. The third-order valence-corrected chi connectivity index (χ3v) is 9.50. The molecule has 1 aliphatic heterocycles. The van der Waals surface area contributed by atoms with Gasteiger partial charge < -0.3 is 15.1 Å². The molecule has 45 heavy (non-hydrogen) atoms. The highest BCUT2D eigenvalue weighted by atomic mass is 16.5. The zero-order chi connectivity index (χ0) is 31.4. The summed E-state index contributed by atoms with van der Waals surface area (Å²) in [6, 6.07) is 29.6. The van der Waals surface area contributed by atoms with Crippen LogP contribution in [0, 0.1) is 5.92 Å². The number of rotatable bonds is 9. The fourth-order valence-electron chi connectivity index (χ4n) is 5.82. The zero-order valence-electron chi connectivity index (χ0n) is 26.8. The van der Waals surface area contributed by atoms with Crippen molar-refractivity contribution >= 4 is 30.2 Å². The molecule has 3 unspecified atom stereocenters. The number of allylic oxidation sites excluding steroid dienone is 4. The molecule has 0 fully saturated rings. The predicted octanol–water partition coefficient (Wildman–Crippen LogP) is 7.45. The first-order valence-electron chi connectivity index (χ1n) is 16.1. The Morgan fingerprint density at radius 2 is 1.53 bits per heavy atom. The third-order valence-electron chi connectivity index (χ3n) is 9.50. The van der Waals surface area contributed by atoms with E-state index in [1.165, 1.54) is 16.7 Å². The van der Waals surface area contributed by atoms with Crippen LogP contribution in [0.4, 0.5) is 0 Å². The van der Waals surface area contributed by atoms with Gasteiger partial charge in [-0.15, -0.1) is 0 Å². The Labute approximate surface area is 268 Å². The first-order valence-corrected chi connectivity index (χ1v) is 16.1. The highest BCUT2D eigenvalue weighted by molar-refractivity contribution is 6.47. The van der Waals surface area contributed by atoms with Gasteiger partial charge in [0, 0.05) is 17.4 Å². The van der Waals surface area contributed by atoms with Gasteiger partial charge in [-0.3, -0.25) is 0 Å². The molecule has 2 aliphatic carbocycles. The number of aliphatic imine (C=N–C) groups is 2. The molecule has 0 spiro atoms. The summed E-state index contributed by atoms with van der Waals surface area (Å²) < 4.78 is 5.98. The predicted molar refractivity (Wildman–Crippen MR) is 187 cm³/mol. The second-order valence-corrected chi connectivity index (χ2v) is 13.3. The van der Waals surface area contributed by atoms with Crippen LogP contribution >= 0.6 is 0 Å². The molecule has 0 amide bonds. The molecule has 6 rings (SSSR count). The van der Waals surface area contributed by atoms with E-state index >= 15 is 0 Å². The van der Waals surface area contributed by atoms with Gasteiger partial charge >= 0.3 is 7.48 Å². The van der Waals surface area contributed by atoms with Crippen molar-refractivity contribution in [2.45, 2.75) is 76.7 Å². The number of nitrogens with one attached hydrogen (secondary N) is 1. The highest BCUT2D eigenvalue weighted by Crippen LogP contribution is 2.34. The van der Waals surface area contributed by atoms with Crippen LogP contribution in [0.15, 0.2) is 125 Å². The summed E-state index contributed by atoms with van der Waals surface area (Å²) in [5.74, 6) is 2.58.